The Bertz CT molecular complexity index is 703. The van der Waals surface area contributed by atoms with Crippen LogP contribution in [0, 0.1) is 0 Å². The van der Waals surface area contributed by atoms with Gasteiger partial charge in [-0.25, -0.2) is 0 Å². The Balaban J connectivity index is 0.000000411. The molecule has 0 spiro atoms. The molecule has 3 aromatic rings. The summed E-state index contributed by atoms with van der Waals surface area (Å²) in [6.45, 7) is 0. The average molecular weight is 306 g/mol. The van der Waals surface area contributed by atoms with Crippen molar-refractivity contribution in [3.05, 3.63) is 83.9 Å². The summed E-state index contributed by atoms with van der Waals surface area (Å²) >= 11 is 0. The van der Waals surface area contributed by atoms with Gasteiger partial charge in [-0.15, -0.1) is 0 Å². The fourth-order valence-electron chi connectivity index (χ4n) is 1.88. The third kappa shape index (κ3) is 6.28. The minimum Gasteiger partial charge on any atom is -0.545 e. The second-order valence-corrected chi connectivity index (χ2v) is 4.50. The number of carboxylic acids is 2. The van der Waals surface area contributed by atoms with Gasteiger partial charge in [-0.1, -0.05) is 72.8 Å². The zero-order valence-electron chi connectivity index (χ0n) is 13.6. The molecule has 0 aliphatic rings. The van der Waals surface area contributed by atoms with Crippen LogP contribution in [-0.4, -0.2) is 11.9 Å². The third-order valence-electron chi connectivity index (χ3n) is 3.01. The zero-order valence-corrected chi connectivity index (χ0v) is 13.6. The van der Waals surface area contributed by atoms with E-state index in [1.165, 1.54) is 10.8 Å². The molecule has 6 heteroatoms. The van der Waals surface area contributed by atoms with Crippen molar-refractivity contribution in [3.8, 4) is 0 Å². The molecular formula is C18H12Li2O4. The van der Waals surface area contributed by atoms with E-state index in [1.807, 2.05) is 0 Å². The van der Waals surface area contributed by atoms with E-state index >= 15 is 0 Å². The maximum absolute atomic E-state index is 10.2. The molecule has 0 N–H and O–H groups in total. The number of rotatable bonds is 2. The van der Waals surface area contributed by atoms with E-state index in [1.54, 1.807) is 0 Å². The second kappa shape index (κ2) is 10.8. The molecule has 0 bridgehead atoms. The number of carboxylic acid groups (broad SMARTS) is 2. The van der Waals surface area contributed by atoms with Gasteiger partial charge in [0.25, 0.3) is 0 Å². The van der Waals surface area contributed by atoms with Crippen molar-refractivity contribution in [1.82, 2.24) is 0 Å². The summed E-state index contributed by atoms with van der Waals surface area (Å²) in [6.07, 6.45) is 0. The molecule has 24 heavy (non-hydrogen) atoms. The summed E-state index contributed by atoms with van der Waals surface area (Å²) in [4.78, 5) is 20.4. The molecule has 0 amide bonds. The Morgan fingerprint density at radius 1 is 0.542 bits per heavy atom. The Hall–Kier alpha value is -1.95. The maximum atomic E-state index is 10.2. The van der Waals surface area contributed by atoms with Gasteiger partial charge >= 0.3 is 37.7 Å². The molecule has 0 aliphatic heterocycles. The summed E-state index contributed by atoms with van der Waals surface area (Å²) in [7, 11) is 0. The van der Waals surface area contributed by atoms with Gasteiger partial charge in [-0.2, -0.15) is 0 Å². The van der Waals surface area contributed by atoms with Crippen molar-refractivity contribution in [2.24, 2.45) is 0 Å². The van der Waals surface area contributed by atoms with Crippen LogP contribution in [0.2, 0.25) is 0 Å². The molecule has 0 aliphatic carbocycles. The van der Waals surface area contributed by atoms with Crippen molar-refractivity contribution in [2.45, 2.75) is 0 Å². The first-order valence-electron chi connectivity index (χ1n) is 6.54. The van der Waals surface area contributed by atoms with Crippen LogP contribution in [0.25, 0.3) is 10.8 Å². The van der Waals surface area contributed by atoms with Crippen LogP contribution >= 0.6 is 0 Å². The van der Waals surface area contributed by atoms with Crippen molar-refractivity contribution in [1.29, 1.82) is 0 Å². The van der Waals surface area contributed by atoms with Gasteiger partial charge in [0.2, 0.25) is 0 Å². The monoisotopic (exact) mass is 306 g/mol. The first-order chi connectivity index (χ1) is 10.6. The Labute approximate surface area is 163 Å². The van der Waals surface area contributed by atoms with Crippen LogP contribution in [0.15, 0.2) is 72.8 Å². The third-order valence-corrected chi connectivity index (χ3v) is 3.01. The molecule has 0 fully saturated rings. The largest absolute Gasteiger partial charge is 1.00 e. The quantitative estimate of drug-likeness (QED) is 0.445. The first-order valence-corrected chi connectivity index (χ1v) is 6.54. The predicted octanol–water partition coefficient (Wildman–Crippen LogP) is -4.74. The number of hydrogen-bond donors (Lipinski definition) is 0. The van der Waals surface area contributed by atoms with Crippen molar-refractivity contribution in [2.75, 3.05) is 0 Å². The van der Waals surface area contributed by atoms with E-state index in [4.69, 9.17) is 0 Å². The molecule has 110 valence electrons. The standard InChI is InChI=1S/C10H8.C8H6O4.2Li/c1-2-6-10-8-4-3-7-9(10)5-1;9-7(10)5-1-2-6(4-3-5)8(11)12;;/h1-8H;1-4H,(H,9,10)(H,11,12);;/q;;2*+1/p-2. The molecule has 0 radical (unpaired) electrons. The molecule has 0 saturated carbocycles. The van der Waals surface area contributed by atoms with Gasteiger partial charge in [0.05, 0.1) is 11.9 Å². The normalized spacial score (nSPS) is 8.83. The number of benzene rings is 3. The van der Waals surface area contributed by atoms with Crippen molar-refractivity contribution in [3.63, 3.8) is 0 Å². The zero-order chi connectivity index (χ0) is 15.9. The van der Waals surface area contributed by atoms with Crippen LogP contribution in [0.1, 0.15) is 20.7 Å². The van der Waals surface area contributed by atoms with E-state index < -0.39 is 11.9 Å². The van der Waals surface area contributed by atoms with E-state index in [9.17, 15) is 19.8 Å². The molecule has 0 saturated heterocycles. The number of aromatic carboxylic acids is 2. The molecule has 0 aromatic heterocycles. The number of carbonyl (C=O) groups is 2. The van der Waals surface area contributed by atoms with Gasteiger partial charge in [0.15, 0.2) is 0 Å². The minimum atomic E-state index is -1.33. The molecular weight excluding hydrogens is 294 g/mol. The average Bonchev–Trinajstić information content (AvgIpc) is 2.55. The fourth-order valence-corrected chi connectivity index (χ4v) is 1.88. The number of hydrogen-bond acceptors (Lipinski definition) is 4. The summed E-state index contributed by atoms with van der Waals surface area (Å²) in [5, 5.41) is 23.0. The van der Waals surface area contributed by atoms with E-state index in [0.717, 1.165) is 24.3 Å². The number of fused-ring (bicyclic) bond motifs is 1. The molecule has 3 rings (SSSR count). The minimum absolute atomic E-state index is 0. The smallest absolute Gasteiger partial charge is 0.545 e. The SMILES string of the molecule is O=C([O-])c1ccc(C(=O)[O-])cc1.[Li+].[Li+].c1ccc2ccccc2c1. The summed E-state index contributed by atoms with van der Waals surface area (Å²) < 4.78 is 0. The Morgan fingerprint density at radius 2 is 0.792 bits per heavy atom. The van der Waals surface area contributed by atoms with E-state index in [-0.39, 0.29) is 48.8 Å². The van der Waals surface area contributed by atoms with Gasteiger partial charge in [0.1, 0.15) is 0 Å². The Kier molecular flexibility index (Phi) is 9.89. The number of carbonyl (C=O) groups excluding carboxylic acids is 2. The second-order valence-electron chi connectivity index (χ2n) is 4.50. The molecule has 0 unspecified atom stereocenters. The molecule has 3 aromatic carbocycles. The molecule has 0 atom stereocenters. The van der Waals surface area contributed by atoms with Crippen LogP contribution in [-0.2, 0) is 0 Å². The molecule has 0 heterocycles. The summed E-state index contributed by atoms with van der Waals surface area (Å²) in [5.74, 6) is -2.67. The van der Waals surface area contributed by atoms with E-state index in [2.05, 4.69) is 48.5 Å². The van der Waals surface area contributed by atoms with Gasteiger partial charge < -0.3 is 19.8 Å². The molecule has 4 nitrogen and oxygen atoms in total. The van der Waals surface area contributed by atoms with Gasteiger partial charge in [0, 0.05) is 0 Å². The fraction of sp³-hybridized carbons (Fsp3) is 0. The summed E-state index contributed by atoms with van der Waals surface area (Å²) in [5.41, 5.74) is -0.111. The maximum Gasteiger partial charge on any atom is 1.00 e. The van der Waals surface area contributed by atoms with Crippen molar-refractivity contribution >= 4 is 22.7 Å². The Morgan fingerprint density at radius 3 is 1.00 bits per heavy atom. The topological polar surface area (TPSA) is 80.3 Å². The van der Waals surface area contributed by atoms with Crippen LogP contribution < -0.4 is 47.9 Å². The van der Waals surface area contributed by atoms with Gasteiger partial charge in [-0.3, -0.25) is 0 Å². The van der Waals surface area contributed by atoms with Crippen LogP contribution in [0.3, 0.4) is 0 Å². The van der Waals surface area contributed by atoms with Gasteiger partial charge in [-0.05, 0) is 21.9 Å². The summed E-state index contributed by atoms with van der Waals surface area (Å²) in [6, 6.07) is 21.3. The predicted molar refractivity (Wildman–Crippen MR) is 79.1 cm³/mol. The van der Waals surface area contributed by atoms with Crippen LogP contribution in [0.4, 0.5) is 0 Å². The first kappa shape index (κ1) is 22.1. The van der Waals surface area contributed by atoms with Crippen LogP contribution in [0.5, 0.6) is 0 Å². The van der Waals surface area contributed by atoms with Crippen molar-refractivity contribution < 1.29 is 57.5 Å². The van der Waals surface area contributed by atoms with E-state index in [0.29, 0.717) is 0 Å².